The summed E-state index contributed by atoms with van der Waals surface area (Å²) >= 11 is 1.39. The second-order valence-corrected chi connectivity index (χ2v) is 5.37. The van der Waals surface area contributed by atoms with Crippen LogP contribution < -0.4 is 5.73 Å². The van der Waals surface area contributed by atoms with E-state index >= 15 is 0 Å². The van der Waals surface area contributed by atoms with Crippen molar-refractivity contribution in [2.24, 2.45) is 0 Å². The van der Waals surface area contributed by atoms with Gasteiger partial charge in [-0.2, -0.15) is 0 Å². The number of carbonyl (C=O) groups is 1. The van der Waals surface area contributed by atoms with E-state index in [1.807, 2.05) is 32.0 Å². The van der Waals surface area contributed by atoms with Crippen molar-refractivity contribution >= 4 is 23.5 Å². The number of rotatable bonds is 3. The van der Waals surface area contributed by atoms with Gasteiger partial charge in [-0.1, -0.05) is 23.9 Å². The molecule has 0 spiro atoms. The summed E-state index contributed by atoms with van der Waals surface area (Å²) in [6.45, 7) is 4.00. The van der Waals surface area contributed by atoms with Crippen LogP contribution in [0.1, 0.15) is 21.5 Å². The van der Waals surface area contributed by atoms with Crippen molar-refractivity contribution in [2.75, 3.05) is 5.73 Å². The zero-order chi connectivity index (χ0) is 14.0. The maximum atomic E-state index is 11.2. The molecule has 2 aromatic rings. The first-order valence-electron chi connectivity index (χ1n) is 5.71. The Labute approximate surface area is 115 Å². The molecule has 0 radical (unpaired) electrons. The molecule has 4 nitrogen and oxygen atoms in total. The van der Waals surface area contributed by atoms with Crippen LogP contribution in [0.4, 0.5) is 5.82 Å². The number of benzene rings is 1. The Morgan fingerprint density at radius 1 is 1.26 bits per heavy atom. The predicted octanol–water partition coefficient (Wildman–Crippen LogP) is 3.13. The lowest BCUT2D eigenvalue weighted by molar-refractivity contribution is 0.0693. The van der Waals surface area contributed by atoms with E-state index in [2.05, 4.69) is 4.98 Å². The highest BCUT2D eigenvalue weighted by Crippen LogP contribution is 2.33. The summed E-state index contributed by atoms with van der Waals surface area (Å²) in [6.07, 6.45) is 1.51. The van der Waals surface area contributed by atoms with Gasteiger partial charge in [0.1, 0.15) is 5.82 Å². The molecule has 0 bridgehead atoms. The maximum absolute atomic E-state index is 11.2. The van der Waals surface area contributed by atoms with E-state index in [1.165, 1.54) is 24.0 Å². The number of aromatic carboxylic acids is 1. The number of carboxylic acid groups (broad SMARTS) is 1. The maximum Gasteiger partial charge on any atom is 0.337 e. The van der Waals surface area contributed by atoms with Crippen LogP contribution in [0.15, 0.2) is 40.3 Å². The van der Waals surface area contributed by atoms with Crippen LogP contribution in [0.25, 0.3) is 0 Å². The Hall–Kier alpha value is -2.01. The van der Waals surface area contributed by atoms with Crippen molar-refractivity contribution in [3.8, 4) is 0 Å². The van der Waals surface area contributed by atoms with E-state index in [0.717, 1.165) is 16.0 Å². The van der Waals surface area contributed by atoms with E-state index in [1.54, 1.807) is 0 Å². The number of nitrogens with two attached hydrogens (primary N) is 1. The normalized spacial score (nSPS) is 10.4. The second-order valence-electron chi connectivity index (χ2n) is 4.28. The van der Waals surface area contributed by atoms with E-state index in [-0.39, 0.29) is 11.4 Å². The summed E-state index contributed by atoms with van der Waals surface area (Å²) in [4.78, 5) is 16.8. The molecule has 1 heterocycles. The zero-order valence-corrected chi connectivity index (χ0v) is 11.5. The largest absolute Gasteiger partial charge is 0.478 e. The molecule has 0 saturated carbocycles. The molecule has 0 aliphatic rings. The fourth-order valence-electron chi connectivity index (χ4n) is 1.64. The van der Waals surface area contributed by atoms with Crippen molar-refractivity contribution in [1.29, 1.82) is 0 Å². The quantitative estimate of drug-likeness (QED) is 0.899. The van der Waals surface area contributed by atoms with Crippen LogP contribution in [-0.4, -0.2) is 16.1 Å². The summed E-state index contributed by atoms with van der Waals surface area (Å²) < 4.78 is 0. The number of hydrogen-bond acceptors (Lipinski definition) is 4. The van der Waals surface area contributed by atoms with Crippen molar-refractivity contribution in [3.05, 3.63) is 47.2 Å². The molecule has 0 saturated heterocycles. The minimum Gasteiger partial charge on any atom is -0.478 e. The van der Waals surface area contributed by atoms with E-state index < -0.39 is 5.97 Å². The van der Waals surface area contributed by atoms with Gasteiger partial charge < -0.3 is 10.8 Å². The molecule has 0 aliphatic carbocycles. The van der Waals surface area contributed by atoms with Gasteiger partial charge in [0, 0.05) is 16.0 Å². The Balaban J connectivity index is 2.43. The van der Waals surface area contributed by atoms with Gasteiger partial charge in [-0.05, 0) is 37.1 Å². The van der Waals surface area contributed by atoms with Crippen LogP contribution in [0, 0.1) is 13.8 Å². The smallest absolute Gasteiger partial charge is 0.337 e. The fraction of sp³-hybridized carbons (Fsp3) is 0.143. The van der Waals surface area contributed by atoms with Gasteiger partial charge in [0.2, 0.25) is 0 Å². The lowest BCUT2D eigenvalue weighted by Crippen LogP contribution is -2.02. The standard InChI is InChI=1S/C14H14N2O2S/c1-8-3-4-9(2)11(5-8)19-12-7-16-13(15)6-10(12)14(17)18/h3-7H,1-2H3,(H2,15,16)(H,17,18). The topological polar surface area (TPSA) is 76.2 Å². The molecule has 19 heavy (non-hydrogen) atoms. The highest BCUT2D eigenvalue weighted by atomic mass is 32.2. The number of hydrogen-bond donors (Lipinski definition) is 2. The number of pyridine rings is 1. The third-order valence-corrected chi connectivity index (χ3v) is 3.89. The fourth-order valence-corrected chi connectivity index (χ4v) is 2.72. The molecule has 0 fully saturated rings. The van der Waals surface area contributed by atoms with Gasteiger partial charge in [-0.15, -0.1) is 0 Å². The Bertz CT molecular complexity index is 641. The molecule has 2 rings (SSSR count). The average molecular weight is 274 g/mol. The molecule has 5 heteroatoms. The first kappa shape index (κ1) is 13.4. The van der Waals surface area contributed by atoms with Gasteiger partial charge in [0.05, 0.1) is 5.56 Å². The summed E-state index contributed by atoms with van der Waals surface area (Å²) in [5.41, 5.74) is 7.94. The van der Waals surface area contributed by atoms with Crippen LogP contribution in [0.3, 0.4) is 0 Å². The summed E-state index contributed by atoms with van der Waals surface area (Å²) in [5, 5.41) is 9.20. The van der Waals surface area contributed by atoms with E-state index in [9.17, 15) is 9.90 Å². The van der Waals surface area contributed by atoms with Crippen LogP contribution in [0.5, 0.6) is 0 Å². The number of anilines is 1. The molecule has 1 aromatic carbocycles. The van der Waals surface area contributed by atoms with Crippen molar-refractivity contribution < 1.29 is 9.90 Å². The molecular weight excluding hydrogens is 260 g/mol. The summed E-state index contributed by atoms with van der Waals surface area (Å²) in [5.74, 6) is -0.787. The number of nitrogens with zero attached hydrogens (tertiary/aromatic N) is 1. The molecule has 0 unspecified atom stereocenters. The van der Waals surface area contributed by atoms with Gasteiger partial charge in [0.15, 0.2) is 0 Å². The number of aryl methyl sites for hydroxylation is 2. The molecule has 0 atom stereocenters. The highest BCUT2D eigenvalue weighted by molar-refractivity contribution is 7.99. The minimum atomic E-state index is -0.998. The zero-order valence-electron chi connectivity index (χ0n) is 10.7. The average Bonchev–Trinajstić information content (AvgIpc) is 2.35. The molecule has 3 N–H and O–H groups in total. The van der Waals surface area contributed by atoms with Gasteiger partial charge in [-0.3, -0.25) is 0 Å². The monoisotopic (exact) mass is 274 g/mol. The lowest BCUT2D eigenvalue weighted by atomic mass is 10.2. The summed E-state index contributed by atoms with van der Waals surface area (Å²) in [7, 11) is 0. The number of nitrogen functional groups attached to an aromatic ring is 1. The van der Waals surface area contributed by atoms with Crippen molar-refractivity contribution in [1.82, 2.24) is 4.98 Å². The first-order valence-corrected chi connectivity index (χ1v) is 6.53. The van der Waals surface area contributed by atoms with Crippen molar-refractivity contribution in [2.45, 2.75) is 23.6 Å². The summed E-state index contributed by atoms with van der Waals surface area (Å²) in [6, 6.07) is 7.46. The van der Waals surface area contributed by atoms with Crippen LogP contribution in [0.2, 0.25) is 0 Å². The molecule has 0 aliphatic heterocycles. The minimum absolute atomic E-state index is 0.179. The van der Waals surface area contributed by atoms with E-state index in [0.29, 0.717) is 4.90 Å². The SMILES string of the molecule is Cc1ccc(C)c(Sc2cnc(N)cc2C(=O)O)c1. The van der Waals surface area contributed by atoms with Crippen LogP contribution in [-0.2, 0) is 0 Å². The first-order chi connectivity index (χ1) is 8.97. The molecule has 1 aromatic heterocycles. The predicted molar refractivity (Wildman–Crippen MR) is 75.6 cm³/mol. The number of carboxylic acids is 1. The molecular formula is C14H14N2O2S. The van der Waals surface area contributed by atoms with E-state index in [4.69, 9.17) is 5.73 Å². The third-order valence-electron chi connectivity index (χ3n) is 2.68. The Morgan fingerprint density at radius 3 is 2.68 bits per heavy atom. The Morgan fingerprint density at radius 2 is 2.00 bits per heavy atom. The van der Waals surface area contributed by atoms with Gasteiger partial charge >= 0.3 is 5.97 Å². The highest BCUT2D eigenvalue weighted by Gasteiger charge is 2.13. The number of aromatic nitrogens is 1. The second kappa shape index (κ2) is 5.32. The third kappa shape index (κ3) is 3.06. The van der Waals surface area contributed by atoms with Gasteiger partial charge in [0.25, 0.3) is 0 Å². The molecule has 98 valence electrons. The van der Waals surface area contributed by atoms with Gasteiger partial charge in [-0.25, -0.2) is 9.78 Å². The molecule has 0 amide bonds. The van der Waals surface area contributed by atoms with Crippen LogP contribution >= 0.6 is 11.8 Å². The van der Waals surface area contributed by atoms with Crippen molar-refractivity contribution in [3.63, 3.8) is 0 Å². The lowest BCUT2D eigenvalue weighted by Gasteiger charge is -2.09. The Kier molecular flexibility index (Phi) is 3.76.